The average Bonchev–Trinajstić information content (AvgIpc) is 2.86. The fourth-order valence-corrected chi connectivity index (χ4v) is 4.63. The Labute approximate surface area is 197 Å². The van der Waals surface area contributed by atoms with Crippen molar-refractivity contribution in [3.8, 4) is 22.3 Å². The van der Waals surface area contributed by atoms with Crippen molar-refractivity contribution in [2.45, 2.75) is 51.4 Å². The van der Waals surface area contributed by atoms with Crippen LogP contribution < -0.4 is 0 Å². The zero-order chi connectivity index (χ0) is 23.0. The molecule has 4 rings (SSSR count). The van der Waals surface area contributed by atoms with E-state index in [9.17, 15) is 4.39 Å². The number of halogens is 1. The predicted molar refractivity (Wildman–Crippen MR) is 133 cm³/mol. The Balaban J connectivity index is 1.33. The van der Waals surface area contributed by atoms with Crippen LogP contribution in [-0.4, -0.2) is 13.2 Å². The largest absolute Gasteiger partial charge is 0.380 e. The van der Waals surface area contributed by atoms with Gasteiger partial charge in [0.1, 0.15) is 5.82 Å². The van der Waals surface area contributed by atoms with E-state index in [0.29, 0.717) is 18.3 Å². The molecule has 0 atom stereocenters. The summed E-state index contributed by atoms with van der Waals surface area (Å²) in [5, 5.41) is 0. The normalized spacial score (nSPS) is 18.2. The number of hydrogen-bond acceptors (Lipinski definition) is 2. The fraction of sp³-hybridized carbons (Fsp3) is 0.333. The number of rotatable bonds is 9. The molecule has 3 aromatic carbocycles. The van der Waals surface area contributed by atoms with Gasteiger partial charge >= 0.3 is 0 Å². The summed E-state index contributed by atoms with van der Waals surface area (Å²) in [6.45, 7) is 4.81. The molecule has 1 fully saturated rings. The van der Waals surface area contributed by atoms with Crippen LogP contribution in [0.2, 0.25) is 0 Å². The summed E-state index contributed by atoms with van der Waals surface area (Å²) in [5.74, 6) is 0.558. The van der Waals surface area contributed by atoms with Gasteiger partial charge in [0.05, 0.1) is 19.3 Å². The van der Waals surface area contributed by atoms with Gasteiger partial charge in [0.2, 0.25) is 0 Å². The molecule has 1 aliphatic rings. The topological polar surface area (TPSA) is 18.5 Å². The molecule has 33 heavy (non-hydrogen) atoms. The van der Waals surface area contributed by atoms with Crippen LogP contribution in [-0.2, 0) is 22.7 Å². The van der Waals surface area contributed by atoms with Crippen LogP contribution in [0.1, 0.15) is 43.2 Å². The Morgan fingerprint density at radius 3 is 1.97 bits per heavy atom. The fourth-order valence-electron chi connectivity index (χ4n) is 4.63. The van der Waals surface area contributed by atoms with Crippen molar-refractivity contribution in [2.75, 3.05) is 7.11 Å². The van der Waals surface area contributed by atoms with Gasteiger partial charge < -0.3 is 9.47 Å². The van der Waals surface area contributed by atoms with Crippen LogP contribution in [0.3, 0.4) is 0 Å². The molecule has 2 nitrogen and oxygen atoms in total. The highest BCUT2D eigenvalue weighted by atomic mass is 19.1. The lowest BCUT2D eigenvalue weighted by Gasteiger charge is -2.28. The van der Waals surface area contributed by atoms with Gasteiger partial charge in [0.25, 0.3) is 0 Å². The number of allylic oxidation sites excluding steroid dienone is 1. The Kier molecular flexibility index (Phi) is 8.09. The first-order valence-electron chi connectivity index (χ1n) is 11.9. The lowest BCUT2D eigenvalue weighted by molar-refractivity contribution is 0.00742. The summed E-state index contributed by atoms with van der Waals surface area (Å²) >= 11 is 0. The van der Waals surface area contributed by atoms with Gasteiger partial charge in [0.15, 0.2) is 0 Å². The molecule has 3 heteroatoms. The van der Waals surface area contributed by atoms with Crippen molar-refractivity contribution in [1.82, 2.24) is 0 Å². The molecule has 0 radical (unpaired) electrons. The molecule has 0 spiro atoms. The van der Waals surface area contributed by atoms with Crippen molar-refractivity contribution < 1.29 is 13.9 Å². The molecule has 0 aromatic heterocycles. The average molecular weight is 445 g/mol. The minimum absolute atomic E-state index is 0.235. The Bertz CT molecular complexity index is 1030. The first-order chi connectivity index (χ1) is 16.2. The van der Waals surface area contributed by atoms with Crippen LogP contribution in [0.5, 0.6) is 0 Å². The van der Waals surface area contributed by atoms with Crippen LogP contribution in [0.4, 0.5) is 4.39 Å². The minimum atomic E-state index is -0.235. The zero-order valence-electron chi connectivity index (χ0n) is 19.4. The van der Waals surface area contributed by atoms with Crippen LogP contribution in [0, 0.1) is 11.7 Å². The Hall–Kier alpha value is -2.75. The van der Waals surface area contributed by atoms with Gasteiger partial charge in [-0.2, -0.15) is 0 Å². The van der Waals surface area contributed by atoms with E-state index >= 15 is 0 Å². The lowest BCUT2D eigenvalue weighted by atomic mass is 9.85. The number of benzene rings is 3. The summed E-state index contributed by atoms with van der Waals surface area (Å²) in [4.78, 5) is 0. The van der Waals surface area contributed by atoms with Crippen LogP contribution >= 0.6 is 0 Å². The van der Waals surface area contributed by atoms with E-state index in [1.54, 1.807) is 19.2 Å². The second kappa shape index (κ2) is 11.4. The van der Waals surface area contributed by atoms with Gasteiger partial charge in [-0.3, -0.25) is 0 Å². The van der Waals surface area contributed by atoms with Crippen molar-refractivity contribution in [2.24, 2.45) is 5.92 Å². The van der Waals surface area contributed by atoms with E-state index in [-0.39, 0.29) is 12.4 Å². The third-order valence-electron chi connectivity index (χ3n) is 6.64. The maximum atomic E-state index is 14.2. The van der Waals surface area contributed by atoms with Gasteiger partial charge in [-0.25, -0.2) is 4.39 Å². The molecule has 0 unspecified atom stereocenters. The molecular weight excluding hydrogens is 411 g/mol. The minimum Gasteiger partial charge on any atom is -0.380 e. The summed E-state index contributed by atoms with van der Waals surface area (Å²) in [6, 6.07) is 22.1. The molecule has 0 amide bonds. The molecule has 3 aromatic rings. The molecular formula is C30H33FO2. The van der Waals surface area contributed by atoms with Crippen molar-refractivity contribution in [3.63, 3.8) is 0 Å². The monoisotopic (exact) mass is 444 g/mol. The zero-order valence-corrected chi connectivity index (χ0v) is 19.4. The third kappa shape index (κ3) is 6.19. The molecule has 0 aliphatic heterocycles. The highest BCUT2D eigenvalue weighted by molar-refractivity contribution is 5.70. The first-order valence-corrected chi connectivity index (χ1v) is 11.9. The summed E-state index contributed by atoms with van der Waals surface area (Å²) < 4.78 is 25.5. The summed E-state index contributed by atoms with van der Waals surface area (Å²) in [6.07, 6.45) is 8.36. The highest BCUT2D eigenvalue weighted by Gasteiger charge is 2.20. The van der Waals surface area contributed by atoms with Gasteiger partial charge in [-0.05, 0) is 71.9 Å². The number of hydrogen-bond donors (Lipinski definition) is 0. The van der Waals surface area contributed by atoms with Crippen molar-refractivity contribution in [1.29, 1.82) is 0 Å². The van der Waals surface area contributed by atoms with Crippen LogP contribution in [0.25, 0.3) is 22.3 Å². The molecule has 1 saturated carbocycles. The first kappa shape index (κ1) is 23.4. The summed E-state index contributed by atoms with van der Waals surface area (Å²) in [7, 11) is 1.57. The van der Waals surface area contributed by atoms with E-state index in [2.05, 4.69) is 43.0 Å². The molecule has 0 heterocycles. The second-order valence-corrected chi connectivity index (χ2v) is 8.99. The molecule has 0 N–H and O–H groups in total. The lowest BCUT2D eigenvalue weighted by Crippen LogP contribution is -2.21. The van der Waals surface area contributed by atoms with Gasteiger partial charge in [0, 0.05) is 12.7 Å². The van der Waals surface area contributed by atoms with E-state index in [1.807, 2.05) is 24.3 Å². The molecule has 0 bridgehead atoms. The second-order valence-electron chi connectivity index (χ2n) is 8.99. The molecule has 172 valence electrons. The van der Waals surface area contributed by atoms with Crippen molar-refractivity contribution >= 4 is 0 Å². The third-order valence-corrected chi connectivity index (χ3v) is 6.64. The van der Waals surface area contributed by atoms with Gasteiger partial charge in [-0.1, -0.05) is 66.7 Å². The standard InChI is InChI=1S/C30H33FO2/c1-3-4-22-7-17-29(18-8-22)33-20-23-5-9-24(10-6-23)25-11-13-26(14-12-25)27-15-16-28(21-32-2)30(31)19-27/h3,5-6,9-16,19,22,29H,1,4,7-8,17-18,20-21H2,2H3. The quantitative estimate of drug-likeness (QED) is 0.312. The van der Waals surface area contributed by atoms with Crippen molar-refractivity contribution in [3.05, 3.63) is 96.3 Å². The maximum Gasteiger partial charge on any atom is 0.129 e. The smallest absolute Gasteiger partial charge is 0.129 e. The SMILES string of the molecule is C=CCC1CCC(OCc2ccc(-c3ccc(-c4ccc(COC)c(F)c4)cc3)cc2)CC1. The van der Waals surface area contributed by atoms with E-state index in [1.165, 1.54) is 18.4 Å². The van der Waals surface area contributed by atoms with E-state index in [0.717, 1.165) is 47.4 Å². The number of methoxy groups -OCH3 is 1. The van der Waals surface area contributed by atoms with E-state index < -0.39 is 0 Å². The van der Waals surface area contributed by atoms with Gasteiger partial charge in [-0.15, -0.1) is 6.58 Å². The molecule has 0 saturated heterocycles. The maximum absolute atomic E-state index is 14.2. The number of ether oxygens (including phenoxy) is 2. The van der Waals surface area contributed by atoms with E-state index in [4.69, 9.17) is 9.47 Å². The molecule has 1 aliphatic carbocycles. The Morgan fingerprint density at radius 1 is 0.818 bits per heavy atom. The highest BCUT2D eigenvalue weighted by Crippen LogP contribution is 2.30. The predicted octanol–water partition coefficient (Wildman–Crippen LogP) is 7.96. The van der Waals surface area contributed by atoms with Crippen LogP contribution in [0.15, 0.2) is 79.4 Å². The Morgan fingerprint density at radius 2 is 1.39 bits per heavy atom. The summed E-state index contributed by atoms with van der Waals surface area (Å²) in [5.41, 5.74) is 5.94.